The van der Waals surface area contributed by atoms with E-state index in [2.05, 4.69) is 21.9 Å². The van der Waals surface area contributed by atoms with Crippen molar-refractivity contribution < 1.29 is 14.6 Å². The molecular weight excluding hydrogens is 366 g/mol. The molecule has 0 spiro atoms. The van der Waals surface area contributed by atoms with Gasteiger partial charge in [-0.15, -0.1) is 5.10 Å². The number of ether oxygens (including phenoxy) is 1. The van der Waals surface area contributed by atoms with E-state index in [1.165, 1.54) is 0 Å². The van der Waals surface area contributed by atoms with Gasteiger partial charge in [-0.1, -0.05) is 62.2 Å². The largest absolute Gasteiger partial charge is 0.478 e. The van der Waals surface area contributed by atoms with Crippen molar-refractivity contribution in [2.24, 2.45) is 0 Å². The molecule has 0 fully saturated rings. The number of aromatic carboxylic acids is 1. The van der Waals surface area contributed by atoms with E-state index in [9.17, 15) is 9.90 Å². The molecule has 0 aliphatic heterocycles. The summed E-state index contributed by atoms with van der Waals surface area (Å²) in [6, 6.07) is 15.1. The topological polar surface area (TPSA) is 77.2 Å². The second kappa shape index (κ2) is 9.56. The summed E-state index contributed by atoms with van der Waals surface area (Å²) in [5.41, 5.74) is 2.83. The Balaban J connectivity index is 1.85. The Morgan fingerprint density at radius 2 is 1.90 bits per heavy atom. The Bertz CT molecular complexity index is 1040. The molecule has 1 N–H and O–H groups in total. The molecule has 0 amide bonds. The van der Waals surface area contributed by atoms with Crippen molar-refractivity contribution in [3.63, 3.8) is 0 Å². The van der Waals surface area contributed by atoms with E-state index in [-0.39, 0.29) is 5.56 Å². The van der Waals surface area contributed by atoms with Gasteiger partial charge in [0.05, 0.1) is 18.7 Å². The molecule has 3 rings (SSSR count). The van der Waals surface area contributed by atoms with Crippen molar-refractivity contribution >= 4 is 5.97 Å². The maximum Gasteiger partial charge on any atom is 0.336 e. The predicted octanol–water partition coefficient (Wildman–Crippen LogP) is 4.24. The lowest BCUT2D eigenvalue weighted by atomic mass is 9.99. The van der Waals surface area contributed by atoms with Crippen LogP contribution in [0.4, 0.5) is 0 Å². The first-order valence-electron chi connectivity index (χ1n) is 9.60. The predicted molar refractivity (Wildman–Crippen MR) is 111 cm³/mol. The average molecular weight is 389 g/mol. The fourth-order valence-corrected chi connectivity index (χ4v) is 2.83. The molecule has 0 aliphatic rings. The van der Waals surface area contributed by atoms with Crippen molar-refractivity contribution in [1.82, 2.24) is 14.8 Å². The normalized spacial score (nSPS) is 10.3. The number of carboxylic acids is 1. The summed E-state index contributed by atoms with van der Waals surface area (Å²) in [7, 11) is 0. The minimum Gasteiger partial charge on any atom is -0.478 e. The van der Waals surface area contributed by atoms with Crippen molar-refractivity contribution in [3.8, 4) is 29.0 Å². The Kier molecular flexibility index (Phi) is 6.64. The minimum atomic E-state index is -0.939. The van der Waals surface area contributed by atoms with E-state index in [1.54, 1.807) is 16.8 Å². The van der Waals surface area contributed by atoms with Gasteiger partial charge in [-0.05, 0) is 35.1 Å². The molecule has 6 nitrogen and oxygen atoms in total. The standard InChI is InChI=1S/C23H23N3O3/c1-3-5-10-21-24-23(29-15-4-2)25-26(21)16-17-11-13-18(14-12-17)19-8-6-7-9-20(19)22(27)28/h6-9,11-14H,3-4,15-16H2,1-2H3,(H,27,28). The number of aromatic nitrogens is 3. The highest BCUT2D eigenvalue weighted by atomic mass is 16.5. The highest BCUT2D eigenvalue weighted by molar-refractivity contribution is 5.95. The molecule has 0 unspecified atom stereocenters. The Morgan fingerprint density at radius 3 is 2.59 bits per heavy atom. The lowest BCUT2D eigenvalue weighted by molar-refractivity contribution is 0.0697. The van der Waals surface area contributed by atoms with Gasteiger partial charge >= 0.3 is 12.0 Å². The van der Waals surface area contributed by atoms with Crippen LogP contribution in [0, 0.1) is 11.8 Å². The number of carbonyl (C=O) groups is 1. The van der Waals surface area contributed by atoms with E-state index >= 15 is 0 Å². The molecule has 0 saturated carbocycles. The molecular formula is C23H23N3O3. The molecule has 0 saturated heterocycles. The van der Waals surface area contributed by atoms with Crippen molar-refractivity contribution in [2.45, 2.75) is 33.2 Å². The van der Waals surface area contributed by atoms with Gasteiger partial charge in [-0.25, -0.2) is 9.48 Å². The Hall–Kier alpha value is -3.59. The number of hydrogen-bond donors (Lipinski definition) is 1. The zero-order valence-corrected chi connectivity index (χ0v) is 16.6. The van der Waals surface area contributed by atoms with Crippen LogP contribution < -0.4 is 4.74 Å². The zero-order valence-electron chi connectivity index (χ0n) is 16.6. The van der Waals surface area contributed by atoms with Crippen LogP contribution >= 0.6 is 0 Å². The summed E-state index contributed by atoms with van der Waals surface area (Å²) >= 11 is 0. The van der Waals surface area contributed by atoms with Crippen LogP contribution in [-0.4, -0.2) is 32.4 Å². The summed E-state index contributed by atoms with van der Waals surface area (Å²) in [6.45, 7) is 5.06. The van der Waals surface area contributed by atoms with E-state index < -0.39 is 5.97 Å². The third-order valence-corrected chi connectivity index (χ3v) is 4.22. The summed E-state index contributed by atoms with van der Waals surface area (Å²) in [6.07, 6.45) is 1.61. The van der Waals surface area contributed by atoms with E-state index in [0.717, 1.165) is 24.0 Å². The average Bonchev–Trinajstić information content (AvgIpc) is 3.12. The quantitative estimate of drug-likeness (QED) is 0.612. The van der Waals surface area contributed by atoms with Crippen LogP contribution in [0.25, 0.3) is 11.1 Å². The van der Waals surface area contributed by atoms with Gasteiger partial charge < -0.3 is 9.84 Å². The lowest BCUT2D eigenvalue weighted by Crippen LogP contribution is -2.05. The molecule has 3 aromatic rings. The number of benzene rings is 2. The van der Waals surface area contributed by atoms with Crippen LogP contribution in [0.2, 0.25) is 0 Å². The Labute approximate surface area is 170 Å². The van der Waals surface area contributed by atoms with E-state index in [0.29, 0.717) is 30.5 Å². The minimum absolute atomic E-state index is 0.284. The van der Waals surface area contributed by atoms with Crippen molar-refractivity contribution in [1.29, 1.82) is 0 Å². The van der Waals surface area contributed by atoms with Crippen molar-refractivity contribution in [3.05, 3.63) is 65.5 Å². The fourth-order valence-electron chi connectivity index (χ4n) is 2.83. The monoisotopic (exact) mass is 389 g/mol. The summed E-state index contributed by atoms with van der Waals surface area (Å²) in [5, 5.41) is 13.8. The maximum absolute atomic E-state index is 11.5. The second-order valence-electron chi connectivity index (χ2n) is 6.43. The number of nitrogens with zero attached hydrogens (tertiary/aromatic N) is 3. The second-order valence-corrected chi connectivity index (χ2v) is 6.43. The van der Waals surface area contributed by atoms with Gasteiger partial charge in [0.2, 0.25) is 5.82 Å². The first-order valence-corrected chi connectivity index (χ1v) is 9.60. The first kappa shape index (κ1) is 20.2. The molecule has 0 radical (unpaired) electrons. The third-order valence-electron chi connectivity index (χ3n) is 4.22. The van der Waals surface area contributed by atoms with Crippen molar-refractivity contribution in [2.75, 3.05) is 6.61 Å². The molecule has 6 heteroatoms. The highest BCUT2D eigenvalue weighted by Crippen LogP contribution is 2.24. The van der Waals surface area contributed by atoms with Crippen LogP contribution in [0.1, 0.15) is 48.4 Å². The zero-order chi connectivity index (χ0) is 20.6. The molecule has 0 aliphatic carbocycles. The summed E-state index contributed by atoms with van der Waals surface area (Å²) < 4.78 is 7.27. The van der Waals surface area contributed by atoms with Gasteiger partial charge in [0.15, 0.2) is 0 Å². The Morgan fingerprint density at radius 1 is 1.14 bits per heavy atom. The van der Waals surface area contributed by atoms with Crippen LogP contribution in [-0.2, 0) is 6.54 Å². The molecule has 0 bridgehead atoms. The molecule has 2 aromatic carbocycles. The highest BCUT2D eigenvalue weighted by Gasteiger charge is 2.12. The number of rotatable bonds is 7. The van der Waals surface area contributed by atoms with Gasteiger partial charge in [0, 0.05) is 6.42 Å². The van der Waals surface area contributed by atoms with Crippen LogP contribution in [0.5, 0.6) is 6.01 Å². The third kappa shape index (κ3) is 5.02. The number of carboxylic acid groups (broad SMARTS) is 1. The smallest absolute Gasteiger partial charge is 0.336 e. The van der Waals surface area contributed by atoms with Gasteiger partial charge in [0.1, 0.15) is 0 Å². The van der Waals surface area contributed by atoms with Gasteiger partial charge in [0.25, 0.3) is 0 Å². The summed E-state index contributed by atoms with van der Waals surface area (Å²) in [4.78, 5) is 15.8. The van der Waals surface area contributed by atoms with Crippen LogP contribution in [0.15, 0.2) is 48.5 Å². The molecule has 0 atom stereocenters. The SMILES string of the molecule is CCC#Cc1nc(OCCC)nn1Cc1ccc(-c2ccccc2C(=O)O)cc1. The van der Waals surface area contributed by atoms with E-state index in [1.807, 2.05) is 50.2 Å². The maximum atomic E-state index is 11.5. The number of hydrogen-bond acceptors (Lipinski definition) is 4. The lowest BCUT2D eigenvalue weighted by Gasteiger charge is -2.08. The molecule has 148 valence electrons. The molecule has 29 heavy (non-hydrogen) atoms. The molecule has 1 aromatic heterocycles. The fraction of sp³-hybridized carbons (Fsp3) is 0.261. The van der Waals surface area contributed by atoms with Crippen LogP contribution in [0.3, 0.4) is 0 Å². The first-order chi connectivity index (χ1) is 14.1. The molecule has 1 heterocycles. The van der Waals surface area contributed by atoms with Gasteiger partial charge in [-0.3, -0.25) is 0 Å². The summed E-state index contributed by atoms with van der Waals surface area (Å²) in [5.74, 6) is 5.68. The van der Waals surface area contributed by atoms with E-state index in [4.69, 9.17) is 4.74 Å². The van der Waals surface area contributed by atoms with Gasteiger partial charge in [-0.2, -0.15) is 4.98 Å².